The molecule has 166 valence electrons. The Morgan fingerprint density at radius 1 is 0.909 bits per heavy atom. The van der Waals surface area contributed by atoms with Gasteiger partial charge in [0.1, 0.15) is 11.5 Å². The van der Waals surface area contributed by atoms with Crippen LogP contribution in [0.1, 0.15) is 33.1 Å². The number of methoxy groups -OCH3 is 1. The van der Waals surface area contributed by atoms with Gasteiger partial charge in [0.15, 0.2) is 0 Å². The van der Waals surface area contributed by atoms with E-state index in [0.29, 0.717) is 16.9 Å². The first kappa shape index (κ1) is 21.8. The predicted molar refractivity (Wildman–Crippen MR) is 122 cm³/mol. The van der Waals surface area contributed by atoms with Crippen LogP contribution in [0.2, 0.25) is 0 Å². The van der Waals surface area contributed by atoms with E-state index in [1.807, 2.05) is 6.92 Å². The molecule has 1 aliphatic heterocycles. The van der Waals surface area contributed by atoms with Crippen molar-refractivity contribution in [2.24, 2.45) is 0 Å². The molecule has 0 aliphatic carbocycles. The molecule has 1 fully saturated rings. The SMILES string of the molecule is COc1ccc(C2/C(=C(\O)c3ccc(C)cc3)C(=O)C(=O)N2c2cccc(C(=O)O)c2)cc1. The zero-order valence-corrected chi connectivity index (χ0v) is 18.0. The molecule has 1 unspecified atom stereocenters. The third-order valence-corrected chi connectivity index (χ3v) is 5.57. The molecule has 3 aromatic carbocycles. The normalized spacial score (nSPS) is 17.3. The summed E-state index contributed by atoms with van der Waals surface area (Å²) in [6, 6.07) is 18.6. The van der Waals surface area contributed by atoms with Gasteiger partial charge in [-0.15, -0.1) is 0 Å². The van der Waals surface area contributed by atoms with Gasteiger partial charge in [0, 0.05) is 11.3 Å². The van der Waals surface area contributed by atoms with Crippen LogP contribution >= 0.6 is 0 Å². The lowest BCUT2D eigenvalue weighted by Gasteiger charge is -2.25. The highest BCUT2D eigenvalue weighted by Crippen LogP contribution is 2.42. The van der Waals surface area contributed by atoms with Crippen LogP contribution < -0.4 is 9.64 Å². The maximum Gasteiger partial charge on any atom is 0.335 e. The molecule has 33 heavy (non-hydrogen) atoms. The number of aromatic carboxylic acids is 1. The summed E-state index contributed by atoms with van der Waals surface area (Å²) in [5.74, 6) is -2.58. The van der Waals surface area contributed by atoms with E-state index in [2.05, 4.69) is 0 Å². The molecule has 0 bridgehead atoms. The highest BCUT2D eigenvalue weighted by atomic mass is 16.5. The topological polar surface area (TPSA) is 104 Å². The van der Waals surface area contributed by atoms with Crippen LogP contribution in [0.25, 0.3) is 5.76 Å². The van der Waals surface area contributed by atoms with Crippen molar-refractivity contribution in [2.75, 3.05) is 12.0 Å². The van der Waals surface area contributed by atoms with E-state index in [9.17, 15) is 24.6 Å². The fraction of sp³-hybridized carbons (Fsp3) is 0.115. The van der Waals surface area contributed by atoms with Crippen molar-refractivity contribution in [3.05, 3.63) is 101 Å². The largest absolute Gasteiger partial charge is 0.507 e. The standard InChI is InChI=1S/C26H21NO6/c1-15-6-8-17(9-7-15)23(28)21-22(16-10-12-20(33-2)13-11-16)27(25(30)24(21)29)19-5-3-4-18(14-19)26(31)32/h3-14,22,28H,1-2H3,(H,31,32)/b23-21+. The van der Waals surface area contributed by atoms with Crippen LogP contribution in [0.4, 0.5) is 5.69 Å². The molecule has 0 radical (unpaired) electrons. The fourth-order valence-electron chi connectivity index (χ4n) is 3.86. The fourth-order valence-corrected chi connectivity index (χ4v) is 3.86. The summed E-state index contributed by atoms with van der Waals surface area (Å²) in [4.78, 5) is 39.0. The number of hydrogen-bond acceptors (Lipinski definition) is 5. The van der Waals surface area contributed by atoms with Crippen LogP contribution in [0, 0.1) is 6.92 Å². The van der Waals surface area contributed by atoms with Gasteiger partial charge >= 0.3 is 5.97 Å². The third-order valence-electron chi connectivity index (χ3n) is 5.57. The molecule has 0 saturated carbocycles. The zero-order valence-electron chi connectivity index (χ0n) is 18.0. The number of carbonyl (C=O) groups is 3. The molecule has 7 heteroatoms. The number of nitrogens with zero attached hydrogens (tertiary/aromatic N) is 1. The quantitative estimate of drug-likeness (QED) is 0.346. The lowest BCUT2D eigenvalue weighted by Crippen LogP contribution is -2.29. The van der Waals surface area contributed by atoms with Gasteiger partial charge in [0.2, 0.25) is 0 Å². The second-order valence-corrected chi connectivity index (χ2v) is 7.66. The second kappa shape index (κ2) is 8.63. The Hall–Kier alpha value is -4.39. The predicted octanol–water partition coefficient (Wildman–Crippen LogP) is 4.33. The Morgan fingerprint density at radius 3 is 2.18 bits per heavy atom. The number of ether oxygens (including phenoxy) is 1. The number of carboxylic acids is 1. The number of amides is 1. The van der Waals surface area contributed by atoms with Crippen molar-refractivity contribution in [3.8, 4) is 5.75 Å². The lowest BCUT2D eigenvalue weighted by molar-refractivity contribution is -0.132. The molecule has 3 aromatic rings. The molecular weight excluding hydrogens is 422 g/mol. The number of carbonyl (C=O) groups excluding carboxylic acids is 2. The van der Waals surface area contributed by atoms with Crippen molar-refractivity contribution in [2.45, 2.75) is 13.0 Å². The van der Waals surface area contributed by atoms with Crippen LogP contribution in [0.5, 0.6) is 5.75 Å². The average Bonchev–Trinajstić information content (AvgIpc) is 3.09. The summed E-state index contributed by atoms with van der Waals surface area (Å²) in [5, 5.41) is 20.5. The lowest BCUT2D eigenvalue weighted by atomic mass is 9.94. The Labute approximate surface area is 190 Å². The third kappa shape index (κ3) is 3.96. The maximum absolute atomic E-state index is 13.2. The van der Waals surface area contributed by atoms with E-state index in [-0.39, 0.29) is 22.6 Å². The molecule has 4 rings (SSSR count). The van der Waals surface area contributed by atoms with Crippen molar-refractivity contribution in [3.63, 3.8) is 0 Å². The number of aryl methyl sites for hydroxylation is 1. The van der Waals surface area contributed by atoms with Crippen LogP contribution in [-0.4, -0.2) is 35.0 Å². The van der Waals surface area contributed by atoms with Gasteiger partial charge in [0.25, 0.3) is 11.7 Å². The average molecular weight is 443 g/mol. The number of aliphatic hydroxyl groups excluding tert-OH is 1. The monoisotopic (exact) mass is 443 g/mol. The summed E-state index contributed by atoms with van der Waals surface area (Å²) in [6.07, 6.45) is 0. The molecule has 2 N–H and O–H groups in total. The van der Waals surface area contributed by atoms with Gasteiger partial charge < -0.3 is 14.9 Å². The number of hydrogen-bond donors (Lipinski definition) is 2. The molecule has 0 spiro atoms. The smallest absolute Gasteiger partial charge is 0.335 e. The van der Waals surface area contributed by atoms with Gasteiger partial charge in [-0.05, 0) is 42.8 Å². The summed E-state index contributed by atoms with van der Waals surface area (Å²) in [7, 11) is 1.52. The first-order chi connectivity index (χ1) is 15.8. The van der Waals surface area contributed by atoms with E-state index in [1.165, 1.54) is 30.2 Å². The van der Waals surface area contributed by atoms with Crippen LogP contribution in [0.15, 0.2) is 78.4 Å². The molecule has 1 amide bonds. The number of carboxylic acid groups (broad SMARTS) is 1. The number of ketones is 1. The minimum atomic E-state index is -1.16. The van der Waals surface area contributed by atoms with E-state index in [1.54, 1.807) is 54.6 Å². The second-order valence-electron chi connectivity index (χ2n) is 7.66. The van der Waals surface area contributed by atoms with E-state index < -0.39 is 23.7 Å². The maximum atomic E-state index is 13.2. The Kier molecular flexibility index (Phi) is 5.70. The first-order valence-corrected chi connectivity index (χ1v) is 10.2. The first-order valence-electron chi connectivity index (χ1n) is 10.2. The van der Waals surface area contributed by atoms with E-state index >= 15 is 0 Å². The van der Waals surface area contributed by atoms with E-state index in [0.717, 1.165) is 5.56 Å². The van der Waals surface area contributed by atoms with Crippen LogP contribution in [-0.2, 0) is 9.59 Å². The van der Waals surface area contributed by atoms with Crippen molar-refractivity contribution in [1.29, 1.82) is 0 Å². The number of Topliss-reactive ketones (excluding diaryl/α,β-unsaturated/α-hetero) is 1. The van der Waals surface area contributed by atoms with Crippen molar-refractivity contribution in [1.82, 2.24) is 0 Å². The molecule has 1 heterocycles. The number of aliphatic hydroxyl groups is 1. The molecule has 1 atom stereocenters. The summed E-state index contributed by atoms with van der Waals surface area (Å²) < 4.78 is 5.21. The Balaban J connectivity index is 1.94. The van der Waals surface area contributed by atoms with Gasteiger partial charge in [0.05, 0.1) is 24.3 Å². The highest BCUT2D eigenvalue weighted by Gasteiger charge is 2.47. The molecule has 0 aromatic heterocycles. The molecule has 7 nitrogen and oxygen atoms in total. The summed E-state index contributed by atoms with van der Waals surface area (Å²) >= 11 is 0. The van der Waals surface area contributed by atoms with Gasteiger partial charge in [-0.3, -0.25) is 14.5 Å². The zero-order chi connectivity index (χ0) is 23.7. The number of rotatable bonds is 5. The van der Waals surface area contributed by atoms with Gasteiger partial charge in [-0.2, -0.15) is 0 Å². The summed E-state index contributed by atoms with van der Waals surface area (Å²) in [6.45, 7) is 1.90. The molecular formula is C26H21NO6. The van der Waals surface area contributed by atoms with Crippen molar-refractivity contribution < 1.29 is 29.3 Å². The minimum absolute atomic E-state index is 0.0265. The molecule has 1 aliphatic rings. The minimum Gasteiger partial charge on any atom is -0.507 e. The van der Waals surface area contributed by atoms with Crippen molar-refractivity contribution >= 4 is 29.1 Å². The Morgan fingerprint density at radius 2 is 1.58 bits per heavy atom. The van der Waals surface area contributed by atoms with Gasteiger partial charge in [-0.25, -0.2) is 4.79 Å². The van der Waals surface area contributed by atoms with E-state index in [4.69, 9.17) is 4.74 Å². The number of anilines is 1. The summed E-state index contributed by atoms with van der Waals surface area (Å²) in [5.41, 5.74) is 2.07. The highest BCUT2D eigenvalue weighted by molar-refractivity contribution is 6.51. The Bertz CT molecular complexity index is 1270. The van der Waals surface area contributed by atoms with Crippen LogP contribution in [0.3, 0.4) is 0 Å². The number of benzene rings is 3. The van der Waals surface area contributed by atoms with Gasteiger partial charge in [-0.1, -0.05) is 48.0 Å². The molecule has 1 saturated heterocycles.